The van der Waals surface area contributed by atoms with Gasteiger partial charge in [-0.15, -0.1) is 12.4 Å². The van der Waals surface area contributed by atoms with Crippen molar-refractivity contribution in [3.63, 3.8) is 0 Å². The van der Waals surface area contributed by atoms with Gasteiger partial charge in [-0.2, -0.15) is 13.2 Å². The molecule has 1 N–H and O–H groups in total. The lowest BCUT2D eigenvalue weighted by molar-refractivity contribution is -0.177. The summed E-state index contributed by atoms with van der Waals surface area (Å²) in [5, 5.41) is 2.72. The number of rotatable bonds is 0. The summed E-state index contributed by atoms with van der Waals surface area (Å²) in [6.07, 6.45) is -3.06. The van der Waals surface area contributed by atoms with Crippen molar-refractivity contribution < 1.29 is 13.2 Å². The van der Waals surface area contributed by atoms with E-state index in [1.54, 1.807) is 0 Å². The zero-order valence-electron chi connectivity index (χ0n) is 5.95. The minimum Gasteiger partial charge on any atom is -0.316 e. The van der Waals surface area contributed by atoms with Crippen LogP contribution in [0.2, 0.25) is 0 Å². The Bertz CT molecular complexity index is 109. The first-order chi connectivity index (χ1) is 4.61. The van der Waals surface area contributed by atoms with Gasteiger partial charge in [0, 0.05) is 6.54 Å². The van der Waals surface area contributed by atoms with Gasteiger partial charge in [-0.05, 0) is 19.4 Å². The molecule has 0 unspecified atom stereocenters. The van der Waals surface area contributed by atoms with Gasteiger partial charge in [-0.25, -0.2) is 0 Å². The molecule has 5 heteroatoms. The highest BCUT2D eigenvalue weighted by molar-refractivity contribution is 5.85. The Morgan fingerprint density at radius 1 is 1.27 bits per heavy atom. The summed E-state index contributed by atoms with van der Waals surface area (Å²) in [6, 6.07) is 0. The van der Waals surface area contributed by atoms with Gasteiger partial charge in [-0.1, -0.05) is 0 Å². The summed E-state index contributed by atoms with van der Waals surface area (Å²) in [6.45, 7) is 0.829. The molecule has 1 nitrogen and oxygen atoms in total. The zero-order chi connectivity index (χ0) is 7.61. The molecule has 0 saturated carbocycles. The van der Waals surface area contributed by atoms with Crippen LogP contribution in [0.25, 0.3) is 0 Å². The second-order valence-corrected chi connectivity index (χ2v) is 2.58. The number of hydrogen-bond acceptors (Lipinski definition) is 1. The predicted molar refractivity (Wildman–Crippen MR) is 38.9 cm³/mol. The Morgan fingerprint density at radius 3 is 2.18 bits per heavy atom. The van der Waals surface area contributed by atoms with E-state index >= 15 is 0 Å². The molecule has 0 aliphatic carbocycles. The molecule has 1 rings (SSSR count). The maximum Gasteiger partial charge on any atom is 0.393 e. The summed E-state index contributed by atoms with van der Waals surface area (Å²) in [4.78, 5) is 0. The molecular weight excluding hydrogens is 179 g/mol. The van der Waals surface area contributed by atoms with Gasteiger partial charge in [0.05, 0.1) is 5.92 Å². The summed E-state index contributed by atoms with van der Waals surface area (Å²) < 4.78 is 35.7. The fourth-order valence-corrected chi connectivity index (χ4v) is 1.13. The Labute approximate surface area is 69.8 Å². The zero-order valence-corrected chi connectivity index (χ0v) is 6.76. The standard InChI is InChI=1S/C6H10F3N.ClH/c7-6(8,9)5-2-1-3-10-4-5;/h5,10H,1-4H2;1H/t5-;/m1./s1. The smallest absolute Gasteiger partial charge is 0.316 e. The van der Waals surface area contributed by atoms with Crippen molar-refractivity contribution in [2.24, 2.45) is 5.92 Å². The number of halogens is 4. The third-order valence-corrected chi connectivity index (χ3v) is 1.76. The largest absolute Gasteiger partial charge is 0.393 e. The minimum absolute atomic E-state index is 0. The molecule has 1 fully saturated rings. The van der Waals surface area contributed by atoms with Crippen LogP contribution in [0.1, 0.15) is 12.8 Å². The lowest BCUT2D eigenvalue weighted by Crippen LogP contribution is -2.38. The maximum atomic E-state index is 11.9. The first-order valence-electron chi connectivity index (χ1n) is 3.38. The second-order valence-electron chi connectivity index (χ2n) is 2.58. The molecule has 1 aliphatic heterocycles. The molecule has 68 valence electrons. The van der Waals surface area contributed by atoms with Gasteiger partial charge in [0.15, 0.2) is 0 Å². The normalized spacial score (nSPS) is 25.9. The van der Waals surface area contributed by atoms with Crippen LogP contribution in [-0.4, -0.2) is 19.3 Å². The van der Waals surface area contributed by atoms with E-state index in [4.69, 9.17) is 0 Å². The first kappa shape index (κ1) is 11.0. The van der Waals surface area contributed by atoms with Crippen LogP contribution in [-0.2, 0) is 0 Å². The molecular formula is C6H11ClF3N. The molecule has 1 heterocycles. The van der Waals surface area contributed by atoms with E-state index in [-0.39, 0.29) is 25.4 Å². The monoisotopic (exact) mass is 189 g/mol. The van der Waals surface area contributed by atoms with E-state index in [0.717, 1.165) is 6.54 Å². The van der Waals surface area contributed by atoms with Crippen LogP contribution in [0.3, 0.4) is 0 Å². The molecule has 0 spiro atoms. The maximum absolute atomic E-state index is 11.9. The highest BCUT2D eigenvalue weighted by Crippen LogP contribution is 2.30. The van der Waals surface area contributed by atoms with Crippen molar-refractivity contribution in [3.05, 3.63) is 0 Å². The highest BCUT2D eigenvalue weighted by Gasteiger charge is 2.39. The van der Waals surface area contributed by atoms with Crippen molar-refractivity contribution >= 4 is 12.4 Å². The fourth-order valence-electron chi connectivity index (χ4n) is 1.13. The minimum atomic E-state index is -3.99. The van der Waals surface area contributed by atoms with Crippen molar-refractivity contribution in [2.75, 3.05) is 13.1 Å². The average molecular weight is 190 g/mol. The molecule has 0 amide bonds. The summed E-state index contributed by atoms with van der Waals surface area (Å²) >= 11 is 0. The number of piperidine rings is 1. The van der Waals surface area contributed by atoms with Crippen LogP contribution >= 0.6 is 12.4 Å². The van der Waals surface area contributed by atoms with E-state index in [2.05, 4.69) is 5.32 Å². The molecule has 1 aliphatic rings. The summed E-state index contributed by atoms with van der Waals surface area (Å²) in [5.41, 5.74) is 0. The van der Waals surface area contributed by atoms with Crippen LogP contribution < -0.4 is 5.32 Å². The SMILES string of the molecule is Cl.FC(F)(F)[C@@H]1CCCNC1. The van der Waals surface area contributed by atoms with E-state index in [1.807, 2.05) is 0 Å². The van der Waals surface area contributed by atoms with Crippen molar-refractivity contribution in [3.8, 4) is 0 Å². The molecule has 0 aromatic rings. The lowest BCUT2D eigenvalue weighted by atomic mass is 9.99. The van der Waals surface area contributed by atoms with Gasteiger partial charge < -0.3 is 5.32 Å². The van der Waals surface area contributed by atoms with Crippen LogP contribution in [0, 0.1) is 5.92 Å². The molecule has 1 saturated heterocycles. The van der Waals surface area contributed by atoms with Crippen molar-refractivity contribution in [2.45, 2.75) is 19.0 Å². The predicted octanol–water partition coefficient (Wildman–Crippen LogP) is 1.97. The molecule has 0 aromatic heterocycles. The van der Waals surface area contributed by atoms with Crippen LogP contribution in [0.4, 0.5) is 13.2 Å². The average Bonchev–Trinajstić information content (AvgIpc) is 1.88. The topological polar surface area (TPSA) is 12.0 Å². The molecule has 11 heavy (non-hydrogen) atoms. The number of alkyl halides is 3. The third-order valence-electron chi connectivity index (χ3n) is 1.76. The molecule has 0 bridgehead atoms. The Morgan fingerprint density at radius 2 is 1.91 bits per heavy atom. The van der Waals surface area contributed by atoms with Crippen LogP contribution in [0.5, 0.6) is 0 Å². The Balaban J connectivity index is 0.000001000. The second kappa shape index (κ2) is 4.16. The van der Waals surface area contributed by atoms with Gasteiger partial charge in [0.1, 0.15) is 0 Å². The first-order valence-corrected chi connectivity index (χ1v) is 3.38. The van der Waals surface area contributed by atoms with Crippen LogP contribution in [0.15, 0.2) is 0 Å². The molecule has 0 aromatic carbocycles. The van der Waals surface area contributed by atoms with Gasteiger partial charge in [-0.3, -0.25) is 0 Å². The molecule has 1 atom stereocenters. The fraction of sp³-hybridized carbons (Fsp3) is 1.00. The lowest BCUT2D eigenvalue weighted by Gasteiger charge is -2.24. The van der Waals surface area contributed by atoms with Gasteiger partial charge >= 0.3 is 6.18 Å². The summed E-state index contributed by atoms with van der Waals surface area (Å²) in [5.74, 6) is -1.11. The van der Waals surface area contributed by atoms with E-state index in [0.29, 0.717) is 6.42 Å². The Kier molecular flexibility index (Phi) is 4.18. The van der Waals surface area contributed by atoms with E-state index in [9.17, 15) is 13.2 Å². The van der Waals surface area contributed by atoms with Gasteiger partial charge in [0.25, 0.3) is 0 Å². The third kappa shape index (κ3) is 3.29. The van der Waals surface area contributed by atoms with E-state index in [1.165, 1.54) is 0 Å². The Hall–Kier alpha value is 0.0400. The van der Waals surface area contributed by atoms with E-state index < -0.39 is 12.1 Å². The highest BCUT2D eigenvalue weighted by atomic mass is 35.5. The number of nitrogens with one attached hydrogen (secondary N) is 1. The van der Waals surface area contributed by atoms with Gasteiger partial charge in [0.2, 0.25) is 0 Å². The number of hydrogen-bond donors (Lipinski definition) is 1. The summed E-state index contributed by atoms with van der Waals surface area (Å²) in [7, 11) is 0. The van der Waals surface area contributed by atoms with Crippen molar-refractivity contribution in [1.29, 1.82) is 0 Å². The van der Waals surface area contributed by atoms with Crippen molar-refractivity contribution in [1.82, 2.24) is 5.32 Å². The quantitative estimate of drug-likeness (QED) is 0.615. The molecule has 0 radical (unpaired) electrons.